The number of amides is 1. The summed E-state index contributed by atoms with van der Waals surface area (Å²) in [6.07, 6.45) is 1.79. The second kappa shape index (κ2) is 6.55. The van der Waals surface area contributed by atoms with E-state index in [-0.39, 0.29) is 18.0 Å². The van der Waals surface area contributed by atoms with Crippen LogP contribution >= 0.6 is 0 Å². The number of fused-ring (bicyclic) bond motifs is 3. The lowest BCUT2D eigenvalue weighted by Gasteiger charge is -2.35. The number of hydrogen-bond acceptors (Lipinski definition) is 4. The molecule has 27 heavy (non-hydrogen) atoms. The Morgan fingerprint density at radius 2 is 1.93 bits per heavy atom. The second-order valence-electron chi connectivity index (χ2n) is 7.95. The second-order valence-corrected chi connectivity index (χ2v) is 7.95. The molecule has 3 aromatic rings. The number of furan rings is 1. The van der Waals surface area contributed by atoms with Gasteiger partial charge in [-0.1, -0.05) is 20.8 Å². The molecule has 0 saturated carbocycles. The van der Waals surface area contributed by atoms with Crippen molar-refractivity contribution in [1.82, 2.24) is 19.1 Å². The van der Waals surface area contributed by atoms with Crippen LogP contribution in [0.3, 0.4) is 0 Å². The van der Waals surface area contributed by atoms with Gasteiger partial charge in [0.2, 0.25) is 5.91 Å². The van der Waals surface area contributed by atoms with Gasteiger partial charge in [-0.25, -0.2) is 4.68 Å². The van der Waals surface area contributed by atoms with Crippen LogP contribution in [0.2, 0.25) is 0 Å². The van der Waals surface area contributed by atoms with Crippen molar-refractivity contribution in [3.05, 3.63) is 34.1 Å². The summed E-state index contributed by atoms with van der Waals surface area (Å²) in [5.74, 6) is 2.46. The van der Waals surface area contributed by atoms with Gasteiger partial charge in [-0.2, -0.15) is 5.10 Å². The normalized spacial score (nSPS) is 20.7. The number of hydrogen-bond donors (Lipinski definition) is 0. The third-order valence-corrected chi connectivity index (χ3v) is 5.38. The zero-order valence-electron chi connectivity index (χ0n) is 16.4. The number of likely N-dealkylation sites (tertiary alicyclic amines) is 1. The van der Waals surface area contributed by atoms with E-state index < -0.39 is 0 Å². The fourth-order valence-corrected chi connectivity index (χ4v) is 4.34. The lowest BCUT2D eigenvalue weighted by atomic mass is 9.92. The van der Waals surface area contributed by atoms with E-state index in [0.29, 0.717) is 29.4 Å². The largest absolute Gasteiger partial charge is 0.460 e. The molecule has 4 heterocycles. The summed E-state index contributed by atoms with van der Waals surface area (Å²) >= 11 is 0. The number of carbonyl (C=O) groups excluding carboxylic acids is 1. The number of piperidine rings is 1. The summed E-state index contributed by atoms with van der Waals surface area (Å²) in [4.78, 5) is 27.6. The standard InChI is InChI=1S/C20H26N4O3/c1-5-18-21-23(11-19(25)22-9-12(2)6-13(3)10-22)20(26)16-8-17-15(24(16)18)7-14(4)27-17/h7-8,12-13H,5-6,9-11H2,1-4H3/t12-,13-/m1/s1. The third kappa shape index (κ3) is 3.05. The maximum Gasteiger partial charge on any atom is 0.291 e. The Balaban J connectivity index is 1.73. The zero-order chi connectivity index (χ0) is 19.3. The molecule has 2 atom stereocenters. The van der Waals surface area contributed by atoms with Crippen LogP contribution in [-0.4, -0.2) is 38.1 Å². The van der Waals surface area contributed by atoms with Crippen molar-refractivity contribution in [2.24, 2.45) is 11.8 Å². The first-order valence-corrected chi connectivity index (χ1v) is 9.66. The molecule has 144 valence electrons. The SMILES string of the molecule is CCc1nn(CC(=O)N2C[C@H](C)C[C@@H](C)C2)c(=O)c2cc3oc(C)cc3n12. The molecule has 0 bridgehead atoms. The highest BCUT2D eigenvalue weighted by atomic mass is 16.3. The summed E-state index contributed by atoms with van der Waals surface area (Å²) in [5, 5.41) is 4.50. The first-order chi connectivity index (χ1) is 12.9. The maximum absolute atomic E-state index is 13.0. The van der Waals surface area contributed by atoms with E-state index in [1.54, 1.807) is 6.07 Å². The third-order valence-electron chi connectivity index (χ3n) is 5.38. The Hall–Kier alpha value is -2.57. The Morgan fingerprint density at radius 3 is 2.59 bits per heavy atom. The molecule has 0 spiro atoms. The summed E-state index contributed by atoms with van der Waals surface area (Å²) in [6.45, 7) is 9.68. The van der Waals surface area contributed by atoms with Crippen LogP contribution < -0.4 is 5.56 Å². The number of nitrogens with zero attached hydrogens (tertiary/aromatic N) is 4. The molecule has 1 aliphatic rings. The molecule has 7 heteroatoms. The van der Waals surface area contributed by atoms with E-state index >= 15 is 0 Å². The molecule has 1 fully saturated rings. The predicted molar refractivity (Wildman–Crippen MR) is 103 cm³/mol. The van der Waals surface area contributed by atoms with Gasteiger partial charge in [0.05, 0.1) is 5.52 Å². The van der Waals surface area contributed by atoms with Crippen LogP contribution in [0, 0.1) is 18.8 Å². The maximum atomic E-state index is 13.0. The Morgan fingerprint density at radius 1 is 1.22 bits per heavy atom. The first-order valence-electron chi connectivity index (χ1n) is 9.66. The van der Waals surface area contributed by atoms with Crippen molar-refractivity contribution in [3.63, 3.8) is 0 Å². The van der Waals surface area contributed by atoms with Crippen molar-refractivity contribution >= 4 is 22.5 Å². The molecule has 1 amide bonds. The van der Waals surface area contributed by atoms with Gasteiger partial charge in [-0.05, 0) is 25.2 Å². The molecular weight excluding hydrogens is 344 g/mol. The van der Waals surface area contributed by atoms with Gasteiger partial charge in [0.25, 0.3) is 5.56 Å². The van der Waals surface area contributed by atoms with E-state index in [0.717, 1.165) is 36.6 Å². The minimum atomic E-state index is -0.261. The minimum Gasteiger partial charge on any atom is -0.460 e. The molecule has 1 saturated heterocycles. The van der Waals surface area contributed by atoms with Crippen LogP contribution in [0.15, 0.2) is 21.3 Å². The molecule has 0 radical (unpaired) electrons. The Bertz CT molecular complexity index is 1060. The van der Waals surface area contributed by atoms with Gasteiger partial charge in [0.1, 0.15) is 23.6 Å². The van der Waals surface area contributed by atoms with Crippen LogP contribution in [-0.2, 0) is 17.8 Å². The quantitative estimate of drug-likeness (QED) is 0.710. The molecule has 0 aliphatic carbocycles. The van der Waals surface area contributed by atoms with Gasteiger partial charge in [0, 0.05) is 31.6 Å². The fraction of sp³-hybridized carbons (Fsp3) is 0.550. The van der Waals surface area contributed by atoms with Crippen molar-refractivity contribution in [2.45, 2.75) is 47.1 Å². The van der Waals surface area contributed by atoms with E-state index in [9.17, 15) is 9.59 Å². The highest BCUT2D eigenvalue weighted by Gasteiger charge is 2.26. The average molecular weight is 370 g/mol. The van der Waals surface area contributed by atoms with Crippen molar-refractivity contribution in [3.8, 4) is 0 Å². The number of aromatic nitrogens is 3. The van der Waals surface area contributed by atoms with E-state index in [4.69, 9.17) is 4.42 Å². The smallest absolute Gasteiger partial charge is 0.291 e. The zero-order valence-corrected chi connectivity index (χ0v) is 16.4. The van der Waals surface area contributed by atoms with Crippen LogP contribution in [0.4, 0.5) is 0 Å². The number of rotatable bonds is 3. The lowest BCUT2D eigenvalue weighted by molar-refractivity contribution is -0.134. The molecule has 4 rings (SSSR count). The molecule has 0 unspecified atom stereocenters. The van der Waals surface area contributed by atoms with Crippen molar-refractivity contribution in [1.29, 1.82) is 0 Å². The topological polar surface area (TPSA) is 72.8 Å². The molecule has 0 N–H and O–H groups in total. The summed E-state index contributed by atoms with van der Waals surface area (Å²) in [5.41, 5.74) is 1.76. The monoisotopic (exact) mass is 370 g/mol. The number of aryl methyl sites for hydroxylation is 2. The average Bonchev–Trinajstić information content (AvgIpc) is 3.13. The van der Waals surface area contributed by atoms with Crippen molar-refractivity contribution in [2.75, 3.05) is 13.1 Å². The van der Waals surface area contributed by atoms with E-state index in [1.165, 1.54) is 4.68 Å². The van der Waals surface area contributed by atoms with Gasteiger partial charge < -0.3 is 9.32 Å². The van der Waals surface area contributed by atoms with Gasteiger partial charge >= 0.3 is 0 Å². The van der Waals surface area contributed by atoms with Crippen molar-refractivity contribution < 1.29 is 9.21 Å². The Kier molecular flexibility index (Phi) is 4.32. The van der Waals surface area contributed by atoms with Crippen LogP contribution in [0.1, 0.15) is 38.8 Å². The lowest BCUT2D eigenvalue weighted by Crippen LogP contribution is -2.45. The van der Waals surface area contributed by atoms with Gasteiger partial charge in [-0.15, -0.1) is 0 Å². The van der Waals surface area contributed by atoms with Crippen LogP contribution in [0.5, 0.6) is 0 Å². The predicted octanol–water partition coefficient (Wildman–Crippen LogP) is 2.62. The highest BCUT2D eigenvalue weighted by molar-refractivity contribution is 5.83. The summed E-state index contributed by atoms with van der Waals surface area (Å²) in [6, 6.07) is 3.66. The van der Waals surface area contributed by atoms with Crippen LogP contribution in [0.25, 0.3) is 16.6 Å². The van der Waals surface area contributed by atoms with E-state index in [2.05, 4.69) is 18.9 Å². The minimum absolute atomic E-state index is 0.0205. The van der Waals surface area contributed by atoms with E-state index in [1.807, 2.05) is 29.2 Å². The molecular formula is C20H26N4O3. The fourth-order valence-electron chi connectivity index (χ4n) is 4.34. The molecule has 3 aromatic heterocycles. The van der Waals surface area contributed by atoms with Gasteiger partial charge in [0.15, 0.2) is 5.58 Å². The van der Waals surface area contributed by atoms with Gasteiger partial charge in [-0.3, -0.25) is 14.0 Å². The molecule has 0 aromatic carbocycles. The highest BCUT2D eigenvalue weighted by Crippen LogP contribution is 2.24. The first kappa shape index (κ1) is 17.8. The summed E-state index contributed by atoms with van der Waals surface area (Å²) in [7, 11) is 0. The number of carbonyl (C=O) groups is 1. The summed E-state index contributed by atoms with van der Waals surface area (Å²) < 4.78 is 8.83. The molecule has 7 nitrogen and oxygen atoms in total. The molecule has 1 aliphatic heterocycles. The Labute approximate surface area is 157 Å².